The number of nitrogens with one attached hydrogen (secondary N) is 1. The molecule has 3 nitrogen and oxygen atoms in total. The topological polar surface area (TPSA) is 37.8 Å². The lowest BCUT2D eigenvalue weighted by atomic mass is 10.3. The van der Waals surface area contributed by atoms with Gasteiger partial charge in [0.2, 0.25) is 5.95 Å². The summed E-state index contributed by atoms with van der Waals surface area (Å²) in [4.78, 5) is 8.55. The third-order valence-electron chi connectivity index (χ3n) is 1.70. The van der Waals surface area contributed by atoms with Crippen molar-refractivity contribution >= 4 is 17.7 Å². The van der Waals surface area contributed by atoms with Crippen molar-refractivity contribution in [2.45, 2.75) is 25.8 Å². The molecule has 1 N–H and O–H groups in total. The fraction of sp³-hybridized carbons (Fsp3) is 0.600. The van der Waals surface area contributed by atoms with E-state index in [1.54, 1.807) is 11.8 Å². The Bertz CT molecular complexity index is 299. The first-order valence-electron chi connectivity index (χ1n) is 4.77. The molecule has 4 heteroatoms. The third-order valence-corrected chi connectivity index (χ3v) is 3.22. The molecule has 0 aliphatic heterocycles. The third kappa shape index (κ3) is 3.18. The average Bonchev–Trinajstić information content (AvgIpc) is 2.16. The molecule has 0 amide bonds. The first-order chi connectivity index (χ1) is 6.63. The fourth-order valence-corrected chi connectivity index (χ4v) is 1.86. The normalized spacial score (nSPS) is 10.6. The van der Waals surface area contributed by atoms with Gasteiger partial charge in [0.25, 0.3) is 0 Å². The molecule has 0 saturated carbocycles. The molecule has 1 rings (SSSR count). The smallest absolute Gasteiger partial charge is 0.223 e. The number of aromatic nitrogens is 2. The van der Waals surface area contributed by atoms with E-state index in [4.69, 9.17) is 0 Å². The number of thioether (sulfide) groups is 1. The van der Waals surface area contributed by atoms with Crippen LogP contribution in [0.3, 0.4) is 0 Å². The van der Waals surface area contributed by atoms with E-state index in [0.29, 0.717) is 11.9 Å². The Balaban J connectivity index is 2.73. The van der Waals surface area contributed by atoms with E-state index in [1.807, 2.05) is 20.2 Å². The molecule has 0 bridgehead atoms. The van der Waals surface area contributed by atoms with E-state index >= 15 is 0 Å². The van der Waals surface area contributed by atoms with Crippen LogP contribution in [0.1, 0.15) is 19.4 Å². The molecule has 14 heavy (non-hydrogen) atoms. The van der Waals surface area contributed by atoms with E-state index in [-0.39, 0.29) is 0 Å². The molecule has 78 valence electrons. The van der Waals surface area contributed by atoms with Crippen LogP contribution in [-0.4, -0.2) is 22.8 Å². The second-order valence-electron chi connectivity index (χ2n) is 3.64. The maximum absolute atomic E-state index is 4.40. The molecule has 0 aliphatic rings. The zero-order valence-electron chi connectivity index (χ0n) is 9.16. The van der Waals surface area contributed by atoms with Crippen molar-refractivity contribution in [3.05, 3.63) is 11.8 Å². The number of aryl methyl sites for hydroxylation is 1. The van der Waals surface area contributed by atoms with Crippen LogP contribution in [0, 0.1) is 12.8 Å². The molecular formula is C10H17N3S. The van der Waals surface area contributed by atoms with Gasteiger partial charge in [-0.1, -0.05) is 13.8 Å². The second kappa shape index (κ2) is 5.20. The van der Waals surface area contributed by atoms with Gasteiger partial charge in [0.05, 0.1) is 0 Å². The van der Waals surface area contributed by atoms with Crippen LogP contribution in [-0.2, 0) is 0 Å². The van der Waals surface area contributed by atoms with Crippen molar-refractivity contribution in [1.82, 2.24) is 9.97 Å². The lowest BCUT2D eigenvalue weighted by molar-refractivity contribution is 0.749. The quantitative estimate of drug-likeness (QED) is 0.613. The van der Waals surface area contributed by atoms with Gasteiger partial charge < -0.3 is 5.32 Å². The number of hydrogen-bond donors (Lipinski definition) is 1. The second-order valence-corrected chi connectivity index (χ2v) is 4.65. The summed E-state index contributed by atoms with van der Waals surface area (Å²) in [6.45, 7) is 6.47. The summed E-state index contributed by atoms with van der Waals surface area (Å²) < 4.78 is 0. The average molecular weight is 211 g/mol. The highest BCUT2D eigenvalue weighted by Gasteiger charge is 2.04. The van der Waals surface area contributed by atoms with Gasteiger partial charge in [-0.15, -0.1) is 11.8 Å². The zero-order valence-corrected chi connectivity index (χ0v) is 9.98. The lowest BCUT2D eigenvalue weighted by Gasteiger charge is -2.07. The van der Waals surface area contributed by atoms with Crippen LogP contribution in [0.4, 0.5) is 5.95 Å². The Morgan fingerprint density at radius 2 is 2.21 bits per heavy atom. The van der Waals surface area contributed by atoms with Crippen molar-refractivity contribution in [1.29, 1.82) is 0 Å². The molecule has 1 heterocycles. The summed E-state index contributed by atoms with van der Waals surface area (Å²) in [5.74, 6) is 2.48. The monoisotopic (exact) mass is 211 g/mol. The molecular weight excluding hydrogens is 194 g/mol. The zero-order chi connectivity index (χ0) is 10.6. The molecule has 1 aromatic heterocycles. The van der Waals surface area contributed by atoms with Crippen molar-refractivity contribution in [2.24, 2.45) is 5.92 Å². The number of rotatable bonds is 4. The molecule has 0 unspecified atom stereocenters. The first-order valence-corrected chi connectivity index (χ1v) is 5.76. The van der Waals surface area contributed by atoms with Gasteiger partial charge in [-0.05, 0) is 18.4 Å². The number of nitrogens with zero attached hydrogens (tertiary/aromatic N) is 2. The number of hydrogen-bond acceptors (Lipinski definition) is 4. The highest BCUT2D eigenvalue weighted by atomic mass is 32.2. The van der Waals surface area contributed by atoms with Gasteiger partial charge in [0, 0.05) is 19.0 Å². The van der Waals surface area contributed by atoms with Crippen LogP contribution in [0.2, 0.25) is 0 Å². The minimum atomic E-state index is 0.687. The Morgan fingerprint density at radius 1 is 1.50 bits per heavy atom. The summed E-state index contributed by atoms with van der Waals surface area (Å²) in [7, 11) is 1.83. The van der Waals surface area contributed by atoms with Crippen LogP contribution in [0.5, 0.6) is 0 Å². The summed E-state index contributed by atoms with van der Waals surface area (Å²) in [6.07, 6.45) is 1.86. The van der Waals surface area contributed by atoms with Crippen molar-refractivity contribution in [2.75, 3.05) is 18.1 Å². The maximum atomic E-state index is 4.40. The Labute approximate surface area is 89.7 Å². The fourth-order valence-electron chi connectivity index (χ4n) is 0.939. The first kappa shape index (κ1) is 11.3. The molecule has 1 aromatic rings. The molecule has 0 spiro atoms. The molecule has 0 fully saturated rings. The van der Waals surface area contributed by atoms with Crippen molar-refractivity contribution < 1.29 is 0 Å². The Morgan fingerprint density at radius 3 is 2.79 bits per heavy atom. The van der Waals surface area contributed by atoms with Crippen molar-refractivity contribution in [3.63, 3.8) is 0 Å². The van der Waals surface area contributed by atoms with Crippen molar-refractivity contribution in [3.8, 4) is 0 Å². The van der Waals surface area contributed by atoms with E-state index < -0.39 is 0 Å². The minimum absolute atomic E-state index is 0.687. The predicted octanol–water partition coefficient (Wildman–Crippen LogP) is 2.57. The largest absolute Gasteiger partial charge is 0.357 e. The van der Waals surface area contributed by atoms with Gasteiger partial charge in [0.1, 0.15) is 5.03 Å². The van der Waals surface area contributed by atoms with Crippen LogP contribution < -0.4 is 5.32 Å². The maximum Gasteiger partial charge on any atom is 0.223 e. The van der Waals surface area contributed by atoms with Gasteiger partial charge >= 0.3 is 0 Å². The molecule has 0 saturated heterocycles. The Kier molecular flexibility index (Phi) is 4.20. The molecule has 0 radical (unpaired) electrons. The van der Waals surface area contributed by atoms with Crippen LogP contribution in [0.25, 0.3) is 0 Å². The van der Waals surface area contributed by atoms with Gasteiger partial charge in [-0.3, -0.25) is 0 Å². The SMILES string of the molecule is CNc1ncc(C)c(SCC(C)C)n1. The van der Waals surface area contributed by atoms with Gasteiger partial charge in [-0.2, -0.15) is 0 Å². The summed E-state index contributed by atoms with van der Waals surface area (Å²) in [5, 5.41) is 4.03. The molecule has 0 aliphatic carbocycles. The van der Waals surface area contributed by atoms with E-state index in [2.05, 4.69) is 29.1 Å². The number of anilines is 1. The highest BCUT2D eigenvalue weighted by Crippen LogP contribution is 2.22. The van der Waals surface area contributed by atoms with Gasteiger partial charge in [0.15, 0.2) is 0 Å². The van der Waals surface area contributed by atoms with Crippen LogP contribution in [0.15, 0.2) is 11.2 Å². The summed E-state index contributed by atoms with van der Waals surface area (Å²) in [6, 6.07) is 0. The van der Waals surface area contributed by atoms with E-state index in [9.17, 15) is 0 Å². The highest BCUT2D eigenvalue weighted by molar-refractivity contribution is 7.99. The van der Waals surface area contributed by atoms with E-state index in [0.717, 1.165) is 16.3 Å². The lowest BCUT2D eigenvalue weighted by Crippen LogP contribution is -2.00. The predicted molar refractivity (Wildman–Crippen MR) is 61.9 cm³/mol. The summed E-state index contributed by atoms with van der Waals surface area (Å²) in [5.41, 5.74) is 1.15. The van der Waals surface area contributed by atoms with Gasteiger partial charge in [-0.25, -0.2) is 9.97 Å². The molecule has 0 atom stereocenters. The minimum Gasteiger partial charge on any atom is -0.357 e. The molecule has 0 aromatic carbocycles. The van der Waals surface area contributed by atoms with Crippen LogP contribution >= 0.6 is 11.8 Å². The Hall–Kier alpha value is -0.770. The van der Waals surface area contributed by atoms with E-state index in [1.165, 1.54) is 0 Å². The standard InChI is InChI=1S/C10H17N3S/c1-7(2)6-14-9-8(3)5-12-10(11-4)13-9/h5,7H,6H2,1-4H3,(H,11,12,13). The summed E-state index contributed by atoms with van der Waals surface area (Å²) >= 11 is 1.79.